The number of carbonyl (C=O) groups is 1. The summed E-state index contributed by atoms with van der Waals surface area (Å²) in [5.41, 5.74) is 0.150. The van der Waals surface area contributed by atoms with E-state index in [4.69, 9.17) is 9.47 Å². The third kappa shape index (κ3) is 3.39. The molecule has 0 atom stereocenters. The summed E-state index contributed by atoms with van der Waals surface area (Å²) in [6.07, 6.45) is 2.41. The Labute approximate surface area is 156 Å². The molecule has 1 amide bonds. The Bertz CT molecular complexity index is 1060. The van der Waals surface area contributed by atoms with Crippen LogP contribution in [0.25, 0.3) is 0 Å². The van der Waals surface area contributed by atoms with E-state index in [2.05, 4.69) is 20.6 Å². The maximum atomic E-state index is 13.6. The number of hydrogen-bond acceptors (Lipinski definition) is 6. The molecule has 3 aromatic rings. The second-order valence-corrected chi connectivity index (χ2v) is 5.67. The Kier molecular flexibility index (Phi) is 4.44. The average molecular weight is 388 g/mol. The number of fused-ring (bicyclic) bond motifs is 1. The van der Waals surface area contributed by atoms with Gasteiger partial charge in [-0.15, -0.1) is 0 Å². The van der Waals surface area contributed by atoms with Gasteiger partial charge in [0.15, 0.2) is 29.0 Å². The third-order valence-corrected chi connectivity index (χ3v) is 3.83. The van der Waals surface area contributed by atoms with Gasteiger partial charge in [0, 0.05) is 24.1 Å². The first-order chi connectivity index (χ1) is 13.5. The van der Waals surface area contributed by atoms with Gasteiger partial charge in [0.25, 0.3) is 5.91 Å². The minimum Gasteiger partial charge on any atom is -0.454 e. The van der Waals surface area contributed by atoms with Crippen LogP contribution in [0.3, 0.4) is 0 Å². The lowest BCUT2D eigenvalue weighted by atomic mass is 10.2. The number of nitrogens with zero attached hydrogens (tertiary/aromatic N) is 2. The summed E-state index contributed by atoms with van der Waals surface area (Å²) in [5.74, 6) is -3.88. The monoisotopic (exact) mass is 388 g/mol. The number of benzene rings is 2. The molecular weight excluding hydrogens is 377 g/mol. The Morgan fingerprint density at radius 2 is 1.71 bits per heavy atom. The van der Waals surface area contributed by atoms with Crippen LogP contribution in [0.2, 0.25) is 0 Å². The van der Waals surface area contributed by atoms with Gasteiger partial charge in [-0.05, 0) is 24.3 Å². The first-order valence-corrected chi connectivity index (χ1v) is 7.95. The fourth-order valence-corrected chi connectivity index (χ4v) is 2.43. The molecule has 2 heterocycles. The molecule has 142 valence electrons. The van der Waals surface area contributed by atoms with Crippen LogP contribution in [0.1, 0.15) is 10.4 Å². The second-order valence-electron chi connectivity index (χ2n) is 5.67. The molecule has 0 spiro atoms. The van der Waals surface area contributed by atoms with Gasteiger partial charge in [-0.3, -0.25) is 4.79 Å². The Hall–Kier alpha value is -3.82. The molecule has 2 aromatic carbocycles. The number of amides is 1. The summed E-state index contributed by atoms with van der Waals surface area (Å²) in [5, 5.41) is 5.07. The number of aromatic nitrogens is 2. The zero-order chi connectivity index (χ0) is 19.7. The molecule has 1 aromatic heterocycles. The predicted octanol–water partition coefficient (Wildman–Crippen LogP) is 3.62. The fourth-order valence-electron chi connectivity index (χ4n) is 2.43. The Morgan fingerprint density at radius 1 is 0.964 bits per heavy atom. The summed E-state index contributed by atoms with van der Waals surface area (Å²) in [6.45, 7) is 0.150. The van der Waals surface area contributed by atoms with E-state index in [1.54, 1.807) is 18.2 Å². The highest BCUT2D eigenvalue weighted by molar-refractivity contribution is 6.04. The van der Waals surface area contributed by atoms with Crippen molar-refractivity contribution in [2.45, 2.75) is 0 Å². The van der Waals surface area contributed by atoms with Crippen molar-refractivity contribution in [2.24, 2.45) is 0 Å². The topological polar surface area (TPSA) is 85.4 Å². The lowest BCUT2D eigenvalue weighted by Crippen LogP contribution is -2.15. The largest absolute Gasteiger partial charge is 0.454 e. The van der Waals surface area contributed by atoms with Gasteiger partial charge in [-0.2, -0.15) is 0 Å². The first-order valence-electron chi connectivity index (χ1n) is 7.95. The highest BCUT2D eigenvalue weighted by Gasteiger charge is 2.17. The number of rotatable bonds is 4. The molecular formula is C18H11F3N4O3. The summed E-state index contributed by atoms with van der Waals surface area (Å²) in [7, 11) is 0. The molecule has 0 saturated carbocycles. The number of carbonyl (C=O) groups excluding carboxylic acids is 1. The van der Waals surface area contributed by atoms with Crippen LogP contribution in [0.15, 0.2) is 42.7 Å². The SMILES string of the molecule is O=C(Nc1ccc(F)c(F)c1F)c1cnc(Nc2ccc3c(c2)OCO3)nc1. The predicted molar refractivity (Wildman–Crippen MR) is 92.1 cm³/mol. The van der Waals surface area contributed by atoms with E-state index in [0.29, 0.717) is 23.3 Å². The summed E-state index contributed by atoms with van der Waals surface area (Å²) in [6, 6.07) is 6.80. The Morgan fingerprint density at radius 3 is 2.50 bits per heavy atom. The van der Waals surface area contributed by atoms with Gasteiger partial charge < -0.3 is 20.1 Å². The summed E-state index contributed by atoms with van der Waals surface area (Å²) < 4.78 is 50.3. The van der Waals surface area contributed by atoms with E-state index in [1.165, 1.54) is 12.4 Å². The van der Waals surface area contributed by atoms with Crippen LogP contribution in [0, 0.1) is 17.5 Å². The molecule has 0 fully saturated rings. The molecule has 0 unspecified atom stereocenters. The van der Waals surface area contributed by atoms with Crippen LogP contribution in [-0.4, -0.2) is 22.7 Å². The molecule has 10 heteroatoms. The van der Waals surface area contributed by atoms with Crippen LogP contribution in [-0.2, 0) is 0 Å². The van der Waals surface area contributed by atoms with Crippen molar-refractivity contribution in [3.05, 3.63) is 65.7 Å². The quantitative estimate of drug-likeness (QED) is 0.664. The van der Waals surface area contributed by atoms with Crippen molar-refractivity contribution >= 4 is 23.2 Å². The van der Waals surface area contributed by atoms with Gasteiger partial charge in [0.05, 0.1) is 11.3 Å². The molecule has 4 rings (SSSR count). The van der Waals surface area contributed by atoms with E-state index in [1.807, 2.05) is 0 Å². The first kappa shape index (κ1) is 17.6. The van der Waals surface area contributed by atoms with Crippen LogP contribution < -0.4 is 20.1 Å². The van der Waals surface area contributed by atoms with Crippen LogP contribution in [0.5, 0.6) is 11.5 Å². The molecule has 0 bridgehead atoms. The van der Waals surface area contributed by atoms with Gasteiger partial charge in [-0.1, -0.05) is 0 Å². The smallest absolute Gasteiger partial charge is 0.258 e. The lowest BCUT2D eigenvalue weighted by Gasteiger charge is -2.08. The lowest BCUT2D eigenvalue weighted by molar-refractivity contribution is 0.102. The number of nitrogens with one attached hydrogen (secondary N) is 2. The molecule has 1 aliphatic rings. The molecule has 28 heavy (non-hydrogen) atoms. The number of halogens is 3. The standard InChI is InChI=1S/C18H11F3N4O3/c19-11-2-3-12(16(21)15(11)20)25-17(26)9-6-22-18(23-7-9)24-10-1-4-13-14(5-10)28-8-27-13/h1-7H,8H2,(H,25,26)(H,22,23,24). The van der Waals surface area contributed by atoms with Crippen molar-refractivity contribution < 1.29 is 27.4 Å². The normalized spacial score (nSPS) is 12.0. The van der Waals surface area contributed by atoms with E-state index in [0.717, 1.165) is 6.07 Å². The molecule has 1 aliphatic heterocycles. The Balaban J connectivity index is 1.45. The highest BCUT2D eigenvalue weighted by atomic mass is 19.2. The molecule has 2 N–H and O–H groups in total. The van der Waals surface area contributed by atoms with Crippen LogP contribution in [0.4, 0.5) is 30.5 Å². The minimum atomic E-state index is -1.67. The van der Waals surface area contributed by atoms with Crippen molar-refractivity contribution in [3.63, 3.8) is 0 Å². The van der Waals surface area contributed by atoms with E-state index >= 15 is 0 Å². The second kappa shape index (κ2) is 7.06. The highest BCUT2D eigenvalue weighted by Crippen LogP contribution is 2.34. The summed E-state index contributed by atoms with van der Waals surface area (Å²) >= 11 is 0. The fraction of sp³-hybridized carbons (Fsp3) is 0.0556. The average Bonchev–Trinajstić information content (AvgIpc) is 3.17. The van der Waals surface area contributed by atoms with Gasteiger partial charge >= 0.3 is 0 Å². The number of anilines is 3. The van der Waals surface area contributed by atoms with E-state index in [-0.39, 0.29) is 18.3 Å². The minimum absolute atomic E-state index is 0.000342. The zero-order valence-corrected chi connectivity index (χ0v) is 14.0. The molecule has 0 radical (unpaired) electrons. The molecule has 7 nitrogen and oxygen atoms in total. The van der Waals surface area contributed by atoms with Gasteiger partial charge in [0.1, 0.15) is 0 Å². The summed E-state index contributed by atoms with van der Waals surface area (Å²) in [4.78, 5) is 20.1. The van der Waals surface area contributed by atoms with Crippen molar-refractivity contribution in [3.8, 4) is 11.5 Å². The van der Waals surface area contributed by atoms with Crippen molar-refractivity contribution in [1.29, 1.82) is 0 Å². The van der Waals surface area contributed by atoms with Gasteiger partial charge in [-0.25, -0.2) is 23.1 Å². The van der Waals surface area contributed by atoms with E-state index in [9.17, 15) is 18.0 Å². The third-order valence-electron chi connectivity index (χ3n) is 3.83. The number of ether oxygens (including phenoxy) is 2. The molecule has 0 aliphatic carbocycles. The maximum absolute atomic E-state index is 13.6. The number of hydrogen-bond donors (Lipinski definition) is 2. The molecule has 0 saturated heterocycles. The van der Waals surface area contributed by atoms with Crippen molar-refractivity contribution in [1.82, 2.24) is 9.97 Å². The van der Waals surface area contributed by atoms with Crippen LogP contribution >= 0.6 is 0 Å². The van der Waals surface area contributed by atoms with Crippen molar-refractivity contribution in [2.75, 3.05) is 17.4 Å². The maximum Gasteiger partial charge on any atom is 0.258 e. The van der Waals surface area contributed by atoms with E-state index < -0.39 is 29.0 Å². The van der Waals surface area contributed by atoms with Gasteiger partial charge in [0.2, 0.25) is 12.7 Å². The zero-order valence-electron chi connectivity index (χ0n) is 14.0.